The summed E-state index contributed by atoms with van der Waals surface area (Å²) in [6.07, 6.45) is 1.65. The van der Waals surface area contributed by atoms with Crippen LogP contribution in [-0.2, 0) is 4.79 Å². The SMILES string of the molecule is Cc1cc(NC(=O)c2ccccc2Cl)ccc1C(=O)N1CCCC(CC(N)=O)c2cc(Cl)ccc21. The summed E-state index contributed by atoms with van der Waals surface area (Å²) < 4.78 is 0. The summed E-state index contributed by atoms with van der Waals surface area (Å²) in [6.45, 7) is 2.34. The second-order valence-corrected chi connectivity index (χ2v) is 9.48. The van der Waals surface area contributed by atoms with Gasteiger partial charge in [-0.3, -0.25) is 14.4 Å². The predicted molar refractivity (Wildman–Crippen MR) is 139 cm³/mol. The number of amides is 3. The van der Waals surface area contributed by atoms with Crippen molar-refractivity contribution in [1.82, 2.24) is 0 Å². The van der Waals surface area contributed by atoms with Crippen molar-refractivity contribution < 1.29 is 14.4 Å². The standard InChI is InChI=1S/C27H25Cl2N3O3/c1-16-13-19(31-26(34)21-6-2-3-7-23(21)29)9-10-20(16)27(35)32-12-4-5-17(14-25(30)33)22-15-18(28)8-11-24(22)32/h2-3,6-11,13,15,17H,4-5,12,14H2,1H3,(H2,30,33)(H,31,34). The number of nitrogens with zero attached hydrogens (tertiary/aromatic N) is 1. The molecule has 6 nitrogen and oxygen atoms in total. The van der Waals surface area contributed by atoms with Crippen LogP contribution in [0, 0.1) is 6.92 Å². The van der Waals surface area contributed by atoms with Gasteiger partial charge in [0, 0.05) is 34.9 Å². The maximum absolute atomic E-state index is 13.6. The van der Waals surface area contributed by atoms with Gasteiger partial charge in [0.15, 0.2) is 0 Å². The van der Waals surface area contributed by atoms with E-state index in [1.165, 1.54) is 0 Å². The molecule has 1 atom stereocenters. The first-order valence-corrected chi connectivity index (χ1v) is 12.1. The predicted octanol–water partition coefficient (Wildman–Crippen LogP) is 5.95. The number of primary amides is 1. The van der Waals surface area contributed by atoms with E-state index in [0.717, 1.165) is 29.7 Å². The van der Waals surface area contributed by atoms with Gasteiger partial charge in [0.1, 0.15) is 0 Å². The van der Waals surface area contributed by atoms with E-state index < -0.39 is 0 Å². The molecule has 1 aliphatic rings. The number of aryl methyl sites for hydroxylation is 1. The van der Waals surface area contributed by atoms with Crippen molar-refractivity contribution in [2.24, 2.45) is 5.73 Å². The molecule has 0 spiro atoms. The van der Waals surface area contributed by atoms with Crippen molar-refractivity contribution in [3.8, 4) is 0 Å². The number of benzene rings is 3. The molecule has 0 radical (unpaired) electrons. The zero-order valence-corrected chi connectivity index (χ0v) is 20.7. The molecule has 3 amide bonds. The minimum Gasteiger partial charge on any atom is -0.370 e. The topological polar surface area (TPSA) is 92.5 Å². The number of fused-ring (bicyclic) bond motifs is 1. The summed E-state index contributed by atoms with van der Waals surface area (Å²) in [6, 6.07) is 17.4. The van der Waals surface area contributed by atoms with Crippen molar-refractivity contribution in [1.29, 1.82) is 0 Å². The maximum atomic E-state index is 13.6. The number of carbonyl (C=O) groups excluding carboxylic acids is 3. The van der Waals surface area contributed by atoms with Crippen molar-refractivity contribution in [2.45, 2.75) is 32.1 Å². The normalized spacial score (nSPS) is 15.2. The number of hydrogen-bond donors (Lipinski definition) is 2. The van der Waals surface area contributed by atoms with Crippen LogP contribution >= 0.6 is 23.2 Å². The van der Waals surface area contributed by atoms with E-state index in [0.29, 0.717) is 33.4 Å². The number of halogens is 2. The maximum Gasteiger partial charge on any atom is 0.258 e. The number of carbonyl (C=O) groups is 3. The van der Waals surface area contributed by atoms with Crippen LogP contribution in [0.2, 0.25) is 10.0 Å². The Kier molecular flexibility index (Phi) is 7.43. The van der Waals surface area contributed by atoms with E-state index in [2.05, 4.69) is 5.32 Å². The van der Waals surface area contributed by atoms with E-state index >= 15 is 0 Å². The number of nitrogens with two attached hydrogens (primary N) is 1. The van der Waals surface area contributed by atoms with E-state index in [-0.39, 0.29) is 30.1 Å². The second kappa shape index (κ2) is 10.5. The highest BCUT2D eigenvalue weighted by molar-refractivity contribution is 6.34. The zero-order valence-electron chi connectivity index (χ0n) is 19.2. The highest BCUT2D eigenvalue weighted by Gasteiger charge is 2.29. The van der Waals surface area contributed by atoms with Crippen LogP contribution in [0.4, 0.5) is 11.4 Å². The molecule has 0 saturated heterocycles. The third-order valence-electron chi connectivity index (χ3n) is 6.18. The zero-order chi connectivity index (χ0) is 25.1. The lowest BCUT2D eigenvalue weighted by Crippen LogP contribution is -2.32. The fraction of sp³-hybridized carbons (Fsp3) is 0.222. The van der Waals surface area contributed by atoms with Gasteiger partial charge in [-0.15, -0.1) is 0 Å². The van der Waals surface area contributed by atoms with E-state index in [4.69, 9.17) is 28.9 Å². The fourth-order valence-electron chi connectivity index (χ4n) is 4.51. The minimum absolute atomic E-state index is 0.0949. The molecule has 3 N–H and O–H groups in total. The third-order valence-corrected chi connectivity index (χ3v) is 6.75. The van der Waals surface area contributed by atoms with Gasteiger partial charge in [0.2, 0.25) is 5.91 Å². The summed E-state index contributed by atoms with van der Waals surface area (Å²) in [5.74, 6) is -0.962. The van der Waals surface area contributed by atoms with Gasteiger partial charge in [-0.25, -0.2) is 0 Å². The summed E-state index contributed by atoms with van der Waals surface area (Å²) in [5, 5.41) is 3.74. The molecular weight excluding hydrogens is 485 g/mol. The average Bonchev–Trinajstić information content (AvgIpc) is 2.98. The van der Waals surface area contributed by atoms with Gasteiger partial charge in [-0.2, -0.15) is 0 Å². The lowest BCUT2D eigenvalue weighted by atomic mass is 9.91. The first-order valence-electron chi connectivity index (χ1n) is 11.3. The molecule has 180 valence electrons. The van der Waals surface area contributed by atoms with Crippen molar-refractivity contribution in [2.75, 3.05) is 16.8 Å². The molecule has 3 aromatic carbocycles. The molecular formula is C27H25Cl2N3O3. The van der Waals surface area contributed by atoms with E-state index in [1.54, 1.807) is 53.4 Å². The van der Waals surface area contributed by atoms with Crippen LogP contribution in [0.15, 0.2) is 60.7 Å². The van der Waals surface area contributed by atoms with Crippen LogP contribution in [-0.4, -0.2) is 24.3 Å². The Hall–Kier alpha value is -3.35. The third kappa shape index (κ3) is 5.50. The van der Waals surface area contributed by atoms with Gasteiger partial charge in [0.25, 0.3) is 11.8 Å². The molecule has 1 aliphatic heterocycles. The summed E-state index contributed by atoms with van der Waals surface area (Å²) in [5.41, 5.74) is 9.25. The largest absolute Gasteiger partial charge is 0.370 e. The molecule has 0 aliphatic carbocycles. The van der Waals surface area contributed by atoms with Crippen molar-refractivity contribution in [3.63, 3.8) is 0 Å². The second-order valence-electron chi connectivity index (χ2n) is 8.63. The molecule has 0 fully saturated rings. The van der Waals surface area contributed by atoms with Gasteiger partial charge in [0.05, 0.1) is 10.6 Å². The average molecular weight is 510 g/mol. The molecule has 3 aromatic rings. The highest BCUT2D eigenvalue weighted by atomic mass is 35.5. The molecule has 0 saturated carbocycles. The summed E-state index contributed by atoms with van der Waals surface area (Å²) >= 11 is 12.4. The number of hydrogen-bond acceptors (Lipinski definition) is 3. The van der Waals surface area contributed by atoms with Gasteiger partial charge >= 0.3 is 0 Å². The molecule has 1 unspecified atom stereocenters. The number of anilines is 2. The summed E-state index contributed by atoms with van der Waals surface area (Å²) in [7, 11) is 0. The van der Waals surface area contributed by atoms with Crippen LogP contribution in [0.1, 0.15) is 57.0 Å². The minimum atomic E-state index is -0.383. The Labute approximate surface area is 214 Å². The lowest BCUT2D eigenvalue weighted by Gasteiger charge is -2.25. The Morgan fingerprint density at radius 2 is 1.80 bits per heavy atom. The van der Waals surface area contributed by atoms with Crippen LogP contribution < -0.4 is 16.0 Å². The number of nitrogens with one attached hydrogen (secondary N) is 1. The number of rotatable bonds is 5. The summed E-state index contributed by atoms with van der Waals surface area (Å²) in [4.78, 5) is 39.6. The lowest BCUT2D eigenvalue weighted by molar-refractivity contribution is -0.118. The first kappa shape index (κ1) is 24.8. The van der Waals surface area contributed by atoms with Gasteiger partial charge < -0.3 is 16.0 Å². The Morgan fingerprint density at radius 3 is 2.51 bits per heavy atom. The van der Waals surface area contributed by atoms with Gasteiger partial charge in [-0.1, -0.05) is 35.3 Å². The van der Waals surface area contributed by atoms with E-state index in [1.807, 2.05) is 19.1 Å². The van der Waals surface area contributed by atoms with Crippen LogP contribution in [0.25, 0.3) is 0 Å². The quantitative estimate of drug-likeness (QED) is 0.444. The van der Waals surface area contributed by atoms with Crippen LogP contribution in [0.5, 0.6) is 0 Å². The highest BCUT2D eigenvalue weighted by Crippen LogP contribution is 2.38. The fourth-order valence-corrected chi connectivity index (χ4v) is 4.91. The molecule has 8 heteroatoms. The van der Waals surface area contributed by atoms with E-state index in [9.17, 15) is 14.4 Å². The van der Waals surface area contributed by atoms with Crippen molar-refractivity contribution >= 4 is 52.3 Å². The Balaban J connectivity index is 1.60. The molecule has 1 heterocycles. The van der Waals surface area contributed by atoms with Crippen molar-refractivity contribution in [3.05, 3.63) is 93.0 Å². The molecule has 35 heavy (non-hydrogen) atoms. The molecule has 0 aromatic heterocycles. The molecule has 0 bridgehead atoms. The Bertz CT molecular complexity index is 1310. The van der Waals surface area contributed by atoms with Gasteiger partial charge in [-0.05, 0) is 85.3 Å². The van der Waals surface area contributed by atoms with Crippen LogP contribution in [0.3, 0.4) is 0 Å². The first-order chi connectivity index (χ1) is 16.7. The molecule has 4 rings (SSSR count). The Morgan fingerprint density at radius 1 is 1.03 bits per heavy atom. The monoisotopic (exact) mass is 509 g/mol. The smallest absolute Gasteiger partial charge is 0.258 e.